The number of para-hydroxylation sites is 3. The third-order valence-electron chi connectivity index (χ3n) is 9.94. The number of anilines is 6. The largest absolute Gasteiger partial charge is 0.478 e. The van der Waals surface area contributed by atoms with Crippen molar-refractivity contribution in [2.24, 2.45) is 0 Å². The van der Waals surface area contributed by atoms with Crippen LogP contribution in [0.15, 0.2) is 164 Å². The standard InChI is InChI=1S/C44H29BN2O4/c48-43(49)30-19-15-28(16-20-30)32-23-24-37-39(25-32)47(35-11-5-2-6-12-35)41-27-33(29-17-21-31(22-18-29)44(50)51)26-40-42(41)45(37)36-13-7-8-14-38(36)46(40)34-9-3-1-4-10-34/h1-27H,(H,48,49)(H,50,51). The fraction of sp³-hybridized carbons (Fsp3) is 0. The van der Waals surface area contributed by atoms with Gasteiger partial charge in [0.15, 0.2) is 0 Å². The predicted octanol–water partition coefficient (Wildman–Crippen LogP) is 8.50. The zero-order valence-corrected chi connectivity index (χ0v) is 27.3. The van der Waals surface area contributed by atoms with Crippen molar-refractivity contribution in [2.75, 3.05) is 9.80 Å². The van der Waals surface area contributed by atoms with E-state index in [1.54, 1.807) is 24.3 Å². The minimum atomic E-state index is -0.961. The number of rotatable bonds is 6. The van der Waals surface area contributed by atoms with Gasteiger partial charge in [-0.05, 0) is 111 Å². The van der Waals surface area contributed by atoms with Crippen molar-refractivity contribution in [1.82, 2.24) is 0 Å². The van der Waals surface area contributed by atoms with Crippen LogP contribution in [0.25, 0.3) is 22.3 Å². The Bertz CT molecular complexity index is 2480. The molecule has 6 nitrogen and oxygen atoms in total. The summed E-state index contributed by atoms with van der Waals surface area (Å²) in [5.41, 5.74) is 14.1. The summed E-state index contributed by atoms with van der Waals surface area (Å²) in [4.78, 5) is 28.0. The maximum Gasteiger partial charge on any atom is 0.335 e. The van der Waals surface area contributed by atoms with Crippen molar-refractivity contribution in [1.29, 1.82) is 0 Å². The van der Waals surface area contributed by atoms with Crippen LogP contribution in [0.5, 0.6) is 0 Å². The predicted molar refractivity (Wildman–Crippen MR) is 205 cm³/mol. The van der Waals surface area contributed by atoms with Gasteiger partial charge in [0.05, 0.1) is 11.1 Å². The Morgan fingerprint density at radius 2 is 0.843 bits per heavy atom. The number of hydrogen-bond donors (Lipinski definition) is 2. The van der Waals surface area contributed by atoms with Crippen molar-refractivity contribution in [3.05, 3.63) is 175 Å². The van der Waals surface area contributed by atoms with Crippen LogP contribution in [0, 0.1) is 0 Å². The Kier molecular flexibility index (Phi) is 7.07. The minimum Gasteiger partial charge on any atom is -0.478 e. The molecule has 7 heteroatoms. The van der Waals surface area contributed by atoms with E-state index >= 15 is 0 Å². The van der Waals surface area contributed by atoms with Gasteiger partial charge >= 0.3 is 11.9 Å². The summed E-state index contributed by atoms with van der Waals surface area (Å²) < 4.78 is 0. The molecule has 242 valence electrons. The molecule has 7 aromatic rings. The van der Waals surface area contributed by atoms with Crippen molar-refractivity contribution >= 4 is 69.2 Å². The highest BCUT2D eigenvalue weighted by atomic mass is 16.4. The molecular weight excluding hydrogens is 631 g/mol. The fourth-order valence-corrected chi connectivity index (χ4v) is 7.61. The van der Waals surface area contributed by atoms with Gasteiger partial charge in [0, 0.05) is 34.1 Å². The molecule has 0 atom stereocenters. The lowest BCUT2D eigenvalue weighted by Crippen LogP contribution is -2.61. The highest BCUT2D eigenvalue weighted by Gasteiger charge is 2.43. The van der Waals surface area contributed by atoms with Crippen molar-refractivity contribution in [3.63, 3.8) is 0 Å². The Morgan fingerprint density at radius 3 is 1.39 bits per heavy atom. The van der Waals surface area contributed by atoms with Crippen LogP contribution in [0.2, 0.25) is 0 Å². The minimum absolute atomic E-state index is 0.0759. The molecule has 0 bridgehead atoms. The molecule has 0 fully saturated rings. The zero-order chi connectivity index (χ0) is 34.6. The lowest BCUT2D eigenvalue weighted by atomic mass is 9.33. The van der Waals surface area contributed by atoms with E-state index in [2.05, 4.69) is 101 Å². The molecule has 2 heterocycles. The smallest absolute Gasteiger partial charge is 0.335 e. The SMILES string of the molecule is O=C(O)c1ccc(-c2ccc3c(c2)N(c2ccccc2)c2cc(-c4ccc(C(=O)O)cc4)cc4c2B3c2ccccc2N4c2ccccc2)cc1. The van der Waals surface area contributed by atoms with Gasteiger partial charge in [-0.15, -0.1) is 0 Å². The zero-order valence-electron chi connectivity index (χ0n) is 27.3. The number of fused-ring (bicyclic) bond motifs is 4. The summed E-state index contributed by atoms with van der Waals surface area (Å²) in [6.07, 6.45) is 0. The van der Waals surface area contributed by atoms with Gasteiger partial charge in [-0.1, -0.05) is 91.0 Å². The average molecular weight is 661 g/mol. The first-order valence-electron chi connectivity index (χ1n) is 16.7. The lowest BCUT2D eigenvalue weighted by Gasteiger charge is -2.44. The molecule has 0 aromatic heterocycles. The van der Waals surface area contributed by atoms with Crippen molar-refractivity contribution in [3.8, 4) is 22.3 Å². The molecule has 0 spiro atoms. The molecule has 2 aliphatic heterocycles. The van der Waals surface area contributed by atoms with E-state index in [9.17, 15) is 19.8 Å². The Balaban J connectivity index is 1.35. The molecule has 0 saturated carbocycles. The van der Waals surface area contributed by atoms with Gasteiger partial charge < -0.3 is 20.0 Å². The van der Waals surface area contributed by atoms with Crippen molar-refractivity contribution < 1.29 is 19.8 Å². The van der Waals surface area contributed by atoms with Gasteiger partial charge in [-0.3, -0.25) is 0 Å². The highest BCUT2D eigenvalue weighted by Crippen LogP contribution is 2.46. The van der Waals surface area contributed by atoms with Crippen molar-refractivity contribution in [2.45, 2.75) is 0 Å². The quantitative estimate of drug-likeness (QED) is 0.174. The van der Waals surface area contributed by atoms with E-state index in [4.69, 9.17) is 0 Å². The first-order chi connectivity index (χ1) is 25.0. The average Bonchev–Trinajstić information content (AvgIpc) is 3.18. The number of benzene rings is 7. The summed E-state index contributed by atoms with van der Waals surface area (Å²) in [7, 11) is 0. The maximum absolute atomic E-state index is 11.8. The molecular formula is C44H29BN2O4. The summed E-state index contributed by atoms with van der Waals surface area (Å²) >= 11 is 0. The molecule has 0 radical (unpaired) electrons. The fourth-order valence-electron chi connectivity index (χ4n) is 7.61. The highest BCUT2D eigenvalue weighted by molar-refractivity contribution is 7.00. The molecule has 2 aliphatic rings. The van der Waals surface area contributed by atoms with Gasteiger partial charge in [-0.25, -0.2) is 9.59 Å². The maximum atomic E-state index is 11.8. The van der Waals surface area contributed by atoms with Gasteiger partial charge in [0.1, 0.15) is 0 Å². The number of carboxylic acids is 2. The molecule has 2 N–H and O–H groups in total. The van der Waals surface area contributed by atoms with Crippen LogP contribution in [0.1, 0.15) is 20.7 Å². The van der Waals surface area contributed by atoms with E-state index in [1.165, 1.54) is 10.9 Å². The molecule has 7 aromatic carbocycles. The second-order valence-electron chi connectivity index (χ2n) is 12.8. The van der Waals surface area contributed by atoms with Crippen LogP contribution >= 0.6 is 0 Å². The molecule has 9 rings (SSSR count). The summed E-state index contributed by atoms with van der Waals surface area (Å²) in [5, 5.41) is 19.2. The Labute approximate surface area is 295 Å². The van der Waals surface area contributed by atoms with E-state index < -0.39 is 11.9 Å². The second kappa shape index (κ2) is 11.9. The monoisotopic (exact) mass is 660 g/mol. The van der Waals surface area contributed by atoms with Gasteiger partial charge in [-0.2, -0.15) is 0 Å². The van der Waals surface area contributed by atoms with E-state index in [0.29, 0.717) is 0 Å². The number of carbonyl (C=O) groups is 2. The molecule has 0 aliphatic carbocycles. The van der Waals surface area contributed by atoms with Gasteiger partial charge in [0.2, 0.25) is 0 Å². The summed E-state index contributed by atoms with van der Waals surface area (Å²) in [6.45, 7) is -0.0759. The van der Waals surface area contributed by atoms with Crippen LogP contribution in [0.4, 0.5) is 34.1 Å². The number of nitrogens with zero attached hydrogens (tertiary/aromatic N) is 2. The first-order valence-corrected chi connectivity index (χ1v) is 16.7. The van der Waals surface area contributed by atoms with E-state index in [-0.39, 0.29) is 17.8 Å². The third kappa shape index (κ3) is 4.98. The third-order valence-corrected chi connectivity index (χ3v) is 9.94. The first kappa shape index (κ1) is 30.2. The summed E-state index contributed by atoms with van der Waals surface area (Å²) in [5.74, 6) is -1.92. The number of aromatic carboxylic acids is 2. The molecule has 0 saturated heterocycles. The summed E-state index contributed by atoms with van der Waals surface area (Å²) in [6, 6.07) is 54.4. The molecule has 51 heavy (non-hydrogen) atoms. The molecule has 0 amide bonds. The van der Waals surface area contributed by atoms with Crippen LogP contribution in [0.3, 0.4) is 0 Å². The topological polar surface area (TPSA) is 81.1 Å². The lowest BCUT2D eigenvalue weighted by molar-refractivity contribution is 0.0686. The van der Waals surface area contributed by atoms with Crippen LogP contribution in [-0.4, -0.2) is 28.9 Å². The normalized spacial score (nSPS) is 12.5. The number of carboxylic acid groups (broad SMARTS) is 2. The second-order valence-corrected chi connectivity index (χ2v) is 12.8. The van der Waals surface area contributed by atoms with Crippen LogP contribution < -0.4 is 26.2 Å². The van der Waals surface area contributed by atoms with E-state index in [0.717, 1.165) is 61.8 Å². The Hall–Kier alpha value is -6.86. The van der Waals surface area contributed by atoms with Gasteiger partial charge in [0.25, 0.3) is 6.71 Å². The Morgan fingerprint density at radius 1 is 0.412 bits per heavy atom. The van der Waals surface area contributed by atoms with E-state index in [1.807, 2.05) is 48.5 Å². The molecule has 0 unspecified atom stereocenters. The number of hydrogen-bond acceptors (Lipinski definition) is 4. The van der Waals surface area contributed by atoms with Crippen LogP contribution in [-0.2, 0) is 0 Å².